The predicted molar refractivity (Wildman–Crippen MR) is 74.1 cm³/mol. The Kier molecular flexibility index (Phi) is 5.03. The van der Waals surface area contributed by atoms with Crippen molar-refractivity contribution < 1.29 is 5.11 Å². The van der Waals surface area contributed by atoms with Crippen molar-refractivity contribution in [1.82, 2.24) is 5.32 Å². The molecule has 2 N–H and O–H groups in total. The third-order valence-electron chi connectivity index (χ3n) is 4.14. The number of nitrogens with one attached hydrogen (secondary N) is 1. The lowest BCUT2D eigenvalue weighted by Crippen LogP contribution is -2.47. The van der Waals surface area contributed by atoms with Crippen LogP contribution in [0.5, 0.6) is 0 Å². The Labute approximate surface area is 107 Å². The summed E-state index contributed by atoms with van der Waals surface area (Å²) in [5.41, 5.74) is -0.0312. The molecule has 0 amide bonds. The highest BCUT2D eigenvalue weighted by Crippen LogP contribution is 2.39. The second kappa shape index (κ2) is 5.71. The molecule has 2 nitrogen and oxygen atoms in total. The van der Waals surface area contributed by atoms with Gasteiger partial charge >= 0.3 is 0 Å². The van der Waals surface area contributed by atoms with Gasteiger partial charge < -0.3 is 10.4 Å². The lowest BCUT2D eigenvalue weighted by Gasteiger charge is -2.41. The van der Waals surface area contributed by atoms with E-state index in [1.807, 2.05) is 0 Å². The van der Waals surface area contributed by atoms with Gasteiger partial charge in [0.25, 0.3) is 0 Å². The predicted octanol–water partition coefficient (Wildman–Crippen LogP) is 3.34. The van der Waals surface area contributed by atoms with Gasteiger partial charge in [0.15, 0.2) is 0 Å². The molecular formula is C15H31NO. The van der Waals surface area contributed by atoms with Gasteiger partial charge in [-0.25, -0.2) is 0 Å². The first kappa shape index (κ1) is 15.0. The van der Waals surface area contributed by atoms with E-state index in [0.29, 0.717) is 11.5 Å². The highest BCUT2D eigenvalue weighted by molar-refractivity contribution is 4.91. The van der Waals surface area contributed by atoms with Gasteiger partial charge in [-0.05, 0) is 50.4 Å². The second-order valence-corrected chi connectivity index (χ2v) is 7.30. The van der Waals surface area contributed by atoms with E-state index in [1.165, 1.54) is 6.42 Å². The van der Waals surface area contributed by atoms with Crippen LogP contribution >= 0.6 is 0 Å². The second-order valence-electron chi connectivity index (χ2n) is 7.30. The van der Waals surface area contributed by atoms with E-state index in [9.17, 15) is 5.11 Å². The maximum Gasteiger partial charge on any atom is 0.0772 e. The lowest BCUT2D eigenvalue weighted by molar-refractivity contribution is -0.0260. The highest BCUT2D eigenvalue weighted by atomic mass is 16.3. The Hall–Kier alpha value is -0.0800. The zero-order chi connectivity index (χ0) is 13.1. The maximum absolute atomic E-state index is 10.5. The molecule has 0 aromatic carbocycles. The standard InChI is InChI=1S/C15H31NO/c1-12(2)10-13(3)16-11-15(17)8-6-14(4,5)7-9-15/h12-13,16-17H,6-11H2,1-5H3. The Morgan fingerprint density at radius 2 is 1.59 bits per heavy atom. The first-order valence-corrected chi connectivity index (χ1v) is 7.18. The third-order valence-corrected chi connectivity index (χ3v) is 4.14. The van der Waals surface area contributed by atoms with Crippen LogP contribution in [0.3, 0.4) is 0 Å². The van der Waals surface area contributed by atoms with Crippen molar-refractivity contribution >= 4 is 0 Å². The summed E-state index contributed by atoms with van der Waals surface area (Å²) in [4.78, 5) is 0. The summed E-state index contributed by atoms with van der Waals surface area (Å²) in [6, 6.07) is 0.508. The van der Waals surface area contributed by atoms with Gasteiger partial charge in [0, 0.05) is 12.6 Å². The zero-order valence-corrected chi connectivity index (χ0v) is 12.3. The molecule has 1 rings (SSSR count). The molecule has 1 aliphatic rings. The molecule has 1 atom stereocenters. The minimum Gasteiger partial charge on any atom is -0.389 e. The molecule has 0 radical (unpaired) electrons. The fourth-order valence-electron chi connectivity index (χ4n) is 2.72. The van der Waals surface area contributed by atoms with Crippen molar-refractivity contribution in [2.24, 2.45) is 11.3 Å². The minimum absolute atomic E-state index is 0.426. The average Bonchev–Trinajstić information content (AvgIpc) is 2.20. The molecule has 1 saturated carbocycles. The SMILES string of the molecule is CC(C)CC(C)NCC1(O)CCC(C)(C)CC1. The number of hydrogen-bond acceptors (Lipinski definition) is 2. The summed E-state index contributed by atoms with van der Waals surface area (Å²) >= 11 is 0. The molecule has 17 heavy (non-hydrogen) atoms. The zero-order valence-electron chi connectivity index (χ0n) is 12.3. The first-order chi connectivity index (χ1) is 7.72. The summed E-state index contributed by atoms with van der Waals surface area (Å²) in [6.07, 6.45) is 5.36. The van der Waals surface area contributed by atoms with Crippen LogP contribution in [0.15, 0.2) is 0 Å². The number of aliphatic hydroxyl groups is 1. The van der Waals surface area contributed by atoms with E-state index in [4.69, 9.17) is 0 Å². The molecular weight excluding hydrogens is 210 g/mol. The third kappa shape index (κ3) is 5.39. The normalized spacial score (nSPS) is 24.9. The van der Waals surface area contributed by atoms with Gasteiger partial charge in [0.05, 0.1) is 5.60 Å². The van der Waals surface area contributed by atoms with E-state index in [2.05, 4.69) is 39.9 Å². The van der Waals surface area contributed by atoms with Gasteiger partial charge in [-0.2, -0.15) is 0 Å². The topological polar surface area (TPSA) is 32.3 Å². The van der Waals surface area contributed by atoms with Gasteiger partial charge in [-0.15, -0.1) is 0 Å². The molecule has 102 valence electrons. The van der Waals surface area contributed by atoms with Gasteiger partial charge in [-0.3, -0.25) is 0 Å². The van der Waals surface area contributed by atoms with Crippen LogP contribution in [0.25, 0.3) is 0 Å². The molecule has 1 fully saturated rings. The van der Waals surface area contributed by atoms with E-state index >= 15 is 0 Å². The Morgan fingerprint density at radius 1 is 1.06 bits per heavy atom. The summed E-state index contributed by atoms with van der Waals surface area (Å²) in [5.74, 6) is 0.720. The van der Waals surface area contributed by atoms with Crippen LogP contribution in [0.1, 0.15) is 66.7 Å². The molecule has 2 heteroatoms. The molecule has 0 spiro atoms. The Bertz CT molecular complexity index is 225. The van der Waals surface area contributed by atoms with Crippen molar-refractivity contribution in [3.63, 3.8) is 0 Å². The molecule has 0 bridgehead atoms. The van der Waals surface area contributed by atoms with Crippen LogP contribution in [0.2, 0.25) is 0 Å². The first-order valence-electron chi connectivity index (χ1n) is 7.18. The van der Waals surface area contributed by atoms with E-state index in [0.717, 1.165) is 38.1 Å². The van der Waals surface area contributed by atoms with Crippen molar-refractivity contribution in [2.75, 3.05) is 6.54 Å². The lowest BCUT2D eigenvalue weighted by atomic mass is 9.71. The van der Waals surface area contributed by atoms with Crippen molar-refractivity contribution in [3.8, 4) is 0 Å². The summed E-state index contributed by atoms with van der Waals surface area (Å²) < 4.78 is 0. The molecule has 0 heterocycles. The van der Waals surface area contributed by atoms with Crippen LogP contribution < -0.4 is 5.32 Å². The Morgan fingerprint density at radius 3 is 2.06 bits per heavy atom. The quantitative estimate of drug-likeness (QED) is 0.773. The molecule has 0 aromatic rings. The van der Waals surface area contributed by atoms with Crippen molar-refractivity contribution in [3.05, 3.63) is 0 Å². The molecule has 0 saturated heterocycles. The summed E-state index contributed by atoms with van der Waals surface area (Å²) in [6.45, 7) is 12.1. The smallest absolute Gasteiger partial charge is 0.0772 e. The van der Waals surface area contributed by atoms with E-state index in [1.54, 1.807) is 0 Å². The Balaban J connectivity index is 2.31. The monoisotopic (exact) mass is 241 g/mol. The highest BCUT2D eigenvalue weighted by Gasteiger charge is 2.36. The van der Waals surface area contributed by atoms with Crippen LogP contribution in [0.4, 0.5) is 0 Å². The van der Waals surface area contributed by atoms with E-state index in [-0.39, 0.29) is 0 Å². The molecule has 0 aliphatic heterocycles. The molecule has 1 aliphatic carbocycles. The maximum atomic E-state index is 10.5. The number of rotatable bonds is 5. The fraction of sp³-hybridized carbons (Fsp3) is 1.00. The van der Waals surface area contributed by atoms with Crippen LogP contribution in [-0.4, -0.2) is 23.3 Å². The fourth-order valence-corrected chi connectivity index (χ4v) is 2.72. The minimum atomic E-state index is -0.458. The average molecular weight is 241 g/mol. The largest absolute Gasteiger partial charge is 0.389 e. The van der Waals surface area contributed by atoms with Crippen molar-refractivity contribution in [1.29, 1.82) is 0 Å². The van der Waals surface area contributed by atoms with E-state index < -0.39 is 5.60 Å². The summed E-state index contributed by atoms with van der Waals surface area (Å²) in [7, 11) is 0. The van der Waals surface area contributed by atoms with Crippen LogP contribution in [0, 0.1) is 11.3 Å². The van der Waals surface area contributed by atoms with Gasteiger partial charge in [-0.1, -0.05) is 27.7 Å². The van der Waals surface area contributed by atoms with Gasteiger partial charge in [0.1, 0.15) is 0 Å². The van der Waals surface area contributed by atoms with Crippen molar-refractivity contribution in [2.45, 2.75) is 78.4 Å². The summed E-state index contributed by atoms with van der Waals surface area (Å²) in [5, 5.41) is 14.0. The number of hydrogen-bond donors (Lipinski definition) is 2. The molecule has 1 unspecified atom stereocenters. The van der Waals surface area contributed by atoms with Crippen LogP contribution in [-0.2, 0) is 0 Å². The van der Waals surface area contributed by atoms with Gasteiger partial charge in [0.2, 0.25) is 0 Å². The molecule has 0 aromatic heterocycles.